The molecule has 1 aromatic heterocycles. The summed E-state index contributed by atoms with van der Waals surface area (Å²) < 4.78 is 11.0. The first-order valence-corrected chi connectivity index (χ1v) is 8.95. The van der Waals surface area contributed by atoms with E-state index in [0.717, 1.165) is 25.7 Å². The molecule has 0 spiro atoms. The largest absolute Gasteiger partial charge is 0.493 e. The number of benzene rings is 1. The minimum atomic E-state index is -0.147. The van der Waals surface area contributed by atoms with Gasteiger partial charge in [-0.3, -0.25) is 9.89 Å². The van der Waals surface area contributed by atoms with E-state index in [4.69, 9.17) is 9.47 Å². The van der Waals surface area contributed by atoms with Crippen molar-refractivity contribution in [2.24, 2.45) is 0 Å². The number of ether oxygens (including phenoxy) is 2. The molecule has 1 atom stereocenters. The molecule has 2 aromatic rings. The van der Waals surface area contributed by atoms with Gasteiger partial charge in [-0.1, -0.05) is 25.0 Å². The first-order chi connectivity index (χ1) is 12.7. The van der Waals surface area contributed by atoms with Gasteiger partial charge in [-0.15, -0.1) is 0 Å². The summed E-state index contributed by atoms with van der Waals surface area (Å²) in [4.78, 5) is 14.5. The van der Waals surface area contributed by atoms with E-state index in [9.17, 15) is 9.90 Å². The van der Waals surface area contributed by atoms with E-state index in [2.05, 4.69) is 10.2 Å². The molecule has 3 rings (SSSR count). The van der Waals surface area contributed by atoms with Gasteiger partial charge >= 0.3 is 0 Å². The molecule has 140 valence electrons. The van der Waals surface area contributed by atoms with Gasteiger partial charge in [-0.2, -0.15) is 5.10 Å². The van der Waals surface area contributed by atoms with Crippen LogP contribution in [0.1, 0.15) is 41.9 Å². The van der Waals surface area contributed by atoms with Crippen LogP contribution in [0, 0.1) is 0 Å². The molecule has 26 heavy (non-hydrogen) atoms. The van der Waals surface area contributed by atoms with Crippen LogP contribution in [-0.2, 0) is 6.61 Å². The number of aromatic nitrogens is 2. The minimum absolute atomic E-state index is 0.0140. The molecular weight excluding hydrogens is 334 g/mol. The number of methoxy groups -OCH3 is 1. The third-order valence-electron chi connectivity index (χ3n) is 4.65. The second-order valence-electron chi connectivity index (χ2n) is 6.40. The molecule has 1 fully saturated rings. The third kappa shape index (κ3) is 4.16. The SMILES string of the molecule is COc1ccccc1OCc1cc(C(=O)N2CCCCC[C@H]2CO)n[nH]1. The van der Waals surface area contributed by atoms with Crippen LogP contribution in [0.3, 0.4) is 0 Å². The lowest BCUT2D eigenvalue weighted by molar-refractivity contribution is 0.0594. The lowest BCUT2D eigenvalue weighted by Gasteiger charge is -2.27. The number of hydrogen-bond donors (Lipinski definition) is 2. The van der Waals surface area contributed by atoms with Crippen molar-refractivity contribution in [3.8, 4) is 11.5 Å². The molecule has 0 aliphatic carbocycles. The summed E-state index contributed by atoms with van der Waals surface area (Å²) in [5, 5.41) is 16.6. The van der Waals surface area contributed by atoms with Gasteiger partial charge in [0.05, 0.1) is 25.5 Å². The van der Waals surface area contributed by atoms with Gasteiger partial charge in [0, 0.05) is 6.54 Å². The molecule has 2 heterocycles. The van der Waals surface area contributed by atoms with Crippen molar-refractivity contribution in [3.05, 3.63) is 41.7 Å². The Hall–Kier alpha value is -2.54. The van der Waals surface area contributed by atoms with Crippen LogP contribution in [0.15, 0.2) is 30.3 Å². The Morgan fingerprint density at radius 3 is 2.88 bits per heavy atom. The maximum Gasteiger partial charge on any atom is 0.274 e. The van der Waals surface area contributed by atoms with Crippen molar-refractivity contribution in [2.45, 2.75) is 38.3 Å². The second kappa shape index (κ2) is 8.71. The molecule has 2 N–H and O–H groups in total. The summed E-state index contributed by atoms with van der Waals surface area (Å²) in [6.07, 6.45) is 3.90. The highest BCUT2D eigenvalue weighted by atomic mass is 16.5. The van der Waals surface area contributed by atoms with Gasteiger partial charge in [0.15, 0.2) is 17.2 Å². The summed E-state index contributed by atoms with van der Waals surface area (Å²) in [5.41, 5.74) is 1.05. The molecular formula is C19H25N3O4. The number of para-hydroxylation sites is 2. The zero-order chi connectivity index (χ0) is 18.4. The standard InChI is InChI=1S/C19H25N3O4/c1-25-17-8-4-5-9-18(17)26-13-14-11-16(21-20-14)19(24)22-10-6-2-3-7-15(22)12-23/h4-5,8-9,11,15,23H,2-3,6-7,10,12-13H2,1H3,(H,20,21)/t15-/m0/s1. The highest BCUT2D eigenvalue weighted by Crippen LogP contribution is 2.26. The summed E-state index contributed by atoms with van der Waals surface area (Å²) >= 11 is 0. The average molecular weight is 359 g/mol. The van der Waals surface area contributed by atoms with Crippen LogP contribution >= 0.6 is 0 Å². The van der Waals surface area contributed by atoms with E-state index < -0.39 is 0 Å². The van der Waals surface area contributed by atoms with Crippen LogP contribution in [0.2, 0.25) is 0 Å². The fourth-order valence-electron chi connectivity index (χ4n) is 3.22. The highest BCUT2D eigenvalue weighted by Gasteiger charge is 2.27. The first-order valence-electron chi connectivity index (χ1n) is 8.95. The Labute approximate surface area is 152 Å². The fourth-order valence-corrected chi connectivity index (χ4v) is 3.22. The molecule has 1 aliphatic rings. The Kier molecular flexibility index (Phi) is 6.12. The van der Waals surface area contributed by atoms with Gasteiger partial charge in [0.25, 0.3) is 5.91 Å². The molecule has 0 bridgehead atoms. The third-order valence-corrected chi connectivity index (χ3v) is 4.65. The smallest absolute Gasteiger partial charge is 0.274 e. The number of carbonyl (C=O) groups is 1. The van der Waals surface area contributed by atoms with Crippen molar-refractivity contribution in [3.63, 3.8) is 0 Å². The fraction of sp³-hybridized carbons (Fsp3) is 0.474. The topological polar surface area (TPSA) is 87.7 Å². The number of amides is 1. The predicted octanol–water partition coefficient (Wildman–Crippen LogP) is 2.37. The summed E-state index contributed by atoms with van der Waals surface area (Å²) in [6, 6.07) is 8.97. The molecule has 1 aliphatic heterocycles. The molecule has 1 amide bonds. The number of aliphatic hydroxyl groups excluding tert-OH is 1. The number of nitrogens with zero attached hydrogens (tertiary/aromatic N) is 2. The zero-order valence-electron chi connectivity index (χ0n) is 15.0. The van der Waals surface area contributed by atoms with Crippen molar-refractivity contribution in [1.29, 1.82) is 0 Å². The van der Waals surface area contributed by atoms with E-state index >= 15 is 0 Å². The minimum Gasteiger partial charge on any atom is -0.493 e. The van der Waals surface area contributed by atoms with E-state index in [0.29, 0.717) is 29.4 Å². The van der Waals surface area contributed by atoms with Gasteiger partial charge in [0.1, 0.15) is 6.61 Å². The molecule has 0 radical (unpaired) electrons. The van der Waals surface area contributed by atoms with Gasteiger partial charge in [-0.25, -0.2) is 0 Å². The zero-order valence-corrected chi connectivity index (χ0v) is 15.0. The lowest BCUT2D eigenvalue weighted by Crippen LogP contribution is -2.42. The van der Waals surface area contributed by atoms with Gasteiger partial charge in [-0.05, 0) is 31.0 Å². The van der Waals surface area contributed by atoms with E-state index in [1.165, 1.54) is 0 Å². The molecule has 7 nitrogen and oxygen atoms in total. The maximum absolute atomic E-state index is 12.8. The van der Waals surface area contributed by atoms with Crippen LogP contribution in [0.5, 0.6) is 11.5 Å². The maximum atomic E-state index is 12.8. The number of aliphatic hydroxyl groups is 1. The Morgan fingerprint density at radius 2 is 2.12 bits per heavy atom. The van der Waals surface area contributed by atoms with Crippen LogP contribution in [0.4, 0.5) is 0 Å². The van der Waals surface area contributed by atoms with Crippen LogP contribution in [-0.4, -0.2) is 52.4 Å². The van der Waals surface area contributed by atoms with Crippen molar-refractivity contribution < 1.29 is 19.4 Å². The number of likely N-dealkylation sites (tertiary alicyclic amines) is 1. The number of carbonyl (C=O) groups excluding carboxylic acids is 1. The van der Waals surface area contributed by atoms with Crippen molar-refractivity contribution >= 4 is 5.91 Å². The molecule has 7 heteroatoms. The van der Waals surface area contributed by atoms with Gasteiger partial charge in [0.2, 0.25) is 0 Å². The number of aromatic amines is 1. The number of nitrogens with one attached hydrogen (secondary N) is 1. The van der Waals surface area contributed by atoms with Crippen LogP contribution < -0.4 is 9.47 Å². The quantitative estimate of drug-likeness (QED) is 0.827. The molecule has 1 saturated heterocycles. The molecule has 1 aromatic carbocycles. The summed E-state index contributed by atoms with van der Waals surface area (Å²) in [6.45, 7) is 0.897. The van der Waals surface area contributed by atoms with E-state index in [1.807, 2.05) is 24.3 Å². The summed E-state index contributed by atoms with van der Waals surface area (Å²) in [7, 11) is 1.59. The Morgan fingerprint density at radius 1 is 1.31 bits per heavy atom. The monoisotopic (exact) mass is 359 g/mol. The highest BCUT2D eigenvalue weighted by molar-refractivity contribution is 5.92. The van der Waals surface area contributed by atoms with Crippen LogP contribution in [0.25, 0.3) is 0 Å². The summed E-state index contributed by atoms with van der Waals surface area (Å²) in [5.74, 6) is 1.13. The van der Waals surface area contributed by atoms with E-state index in [1.54, 1.807) is 18.1 Å². The van der Waals surface area contributed by atoms with Crippen molar-refractivity contribution in [1.82, 2.24) is 15.1 Å². The van der Waals surface area contributed by atoms with Gasteiger partial charge < -0.3 is 19.5 Å². The average Bonchev–Trinajstić information content (AvgIpc) is 3.02. The number of H-pyrrole nitrogens is 1. The normalized spacial score (nSPS) is 17.6. The lowest BCUT2D eigenvalue weighted by atomic mass is 10.1. The Bertz CT molecular complexity index is 731. The number of rotatable bonds is 6. The number of hydrogen-bond acceptors (Lipinski definition) is 5. The molecule has 0 unspecified atom stereocenters. The second-order valence-corrected chi connectivity index (χ2v) is 6.40. The van der Waals surface area contributed by atoms with Crippen molar-refractivity contribution in [2.75, 3.05) is 20.3 Å². The predicted molar refractivity (Wildman–Crippen MR) is 96.3 cm³/mol. The van der Waals surface area contributed by atoms with E-state index in [-0.39, 0.29) is 25.2 Å². The Balaban J connectivity index is 1.66. The first kappa shape index (κ1) is 18.3. The molecule has 0 saturated carbocycles.